The Bertz CT molecular complexity index is 535. The molecule has 1 saturated heterocycles. The summed E-state index contributed by atoms with van der Waals surface area (Å²) >= 11 is 6.56. The van der Waals surface area contributed by atoms with Gasteiger partial charge in [0.05, 0.1) is 22.9 Å². The van der Waals surface area contributed by atoms with Crippen molar-refractivity contribution in [2.24, 2.45) is 11.7 Å². The fourth-order valence-electron chi connectivity index (χ4n) is 3.90. The van der Waals surface area contributed by atoms with Crippen molar-refractivity contribution >= 4 is 23.0 Å². The van der Waals surface area contributed by atoms with Crippen molar-refractivity contribution in [1.82, 2.24) is 0 Å². The highest BCUT2D eigenvalue weighted by Gasteiger charge is 2.24. The Hall–Kier alpha value is -0.970. The van der Waals surface area contributed by atoms with Gasteiger partial charge < -0.3 is 20.7 Å². The second-order valence-corrected chi connectivity index (χ2v) is 7.90. The van der Waals surface area contributed by atoms with Crippen LogP contribution in [0.3, 0.4) is 0 Å². The van der Waals surface area contributed by atoms with Gasteiger partial charge in [0.2, 0.25) is 0 Å². The van der Waals surface area contributed by atoms with Crippen molar-refractivity contribution in [3.05, 3.63) is 23.2 Å². The molecule has 3 rings (SSSR count). The summed E-state index contributed by atoms with van der Waals surface area (Å²) in [6, 6.07) is 6.73. The smallest absolute Gasteiger partial charge is 0.0726 e. The molecule has 0 aromatic heterocycles. The molecular formula is C19H30ClN3O. The number of benzene rings is 1. The third-order valence-electron chi connectivity index (χ3n) is 5.19. The van der Waals surface area contributed by atoms with Gasteiger partial charge in [-0.3, -0.25) is 0 Å². The van der Waals surface area contributed by atoms with Crippen molar-refractivity contribution in [3.63, 3.8) is 0 Å². The van der Waals surface area contributed by atoms with E-state index in [4.69, 9.17) is 22.1 Å². The highest BCUT2D eigenvalue weighted by Crippen LogP contribution is 2.31. The molecule has 1 saturated carbocycles. The molecule has 5 heteroatoms. The van der Waals surface area contributed by atoms with Crippen molar-refractivity contribution in [3.8, 4) is 0 Å². The van der Waals surface area contributed by atoms with Crippen LogP contribution in [0.25, 0.3) is 0 Å². The summed E-state index contributed by atoms with van der Waals surface area (Å²) < 4.78 is 5.81. The summed E-state index contributed by atoms with van der Waals surface area (Å²) in [5.74, 6) is 0.726. The quantitative estimate of drug-likeness (QED) is 0.864. The molecule has 0 unspecified atom stereocenters. The van der Waals surface area contributed by atoms with E-state index in [1.54, 1.807) is 0 Å². The predicted molar refractivity (Wildman–Crippen MR) is 102 cm³/mol. The molecule has 1 aliphatic heterocycles. The van der Waals surface area contributed by atoms with Crippen molar-refractivity contribution in [2.75, 3.05) is 29.9 Å². The maximum absolute atomic E-state index is 6.56. The lowest BCUT2D eigenvalue weighted by atomic mass is 9.86. The van der Waals surface area contributed by atoms with Gasteiger partial charge in [-0.15, -0.1) is 0 Å². The molecular weight excluding hydrogens is 322 g/mol. The maximum Gasteiger partial charge on any atom is 0.0726 e. The van der Waals surface area contributed by atoms with Crippen LogP contribution in [0.15, 0.2) is 18.2 Å². The van der Waals surface area contributed by atoms with E-state index < -0.39 is 0 Å². The lowest BCUT2D eigenvalue weighted by Gasteiger charge is -2.37. The fraction of sp³-hybridized carbons (Fsp3) is 0.684. The lowest BCUT2D eigenvalue weighted by molar-refractivity contribution is -0.00520. The van der Waals surface area contributed by atoms with E-state index >= 15 is 0 Å². The van der Waals surface area contributed by atoms with Crippen molar-refractivity contribution in [1.29, 1.82) is 0 Å². The first-order valence-corrected chi connectivity index (χ1v) is 9.58. The largest absolute Gasteiger partial charge is 0.385 e. The van der Waals surface area contributed by atoms with E-state index in [2.05, 4.69) is 42.3 Å². The third kappa shape index (κ3) is 4.56. The number of halogens is 1. The standard InChI is InChI=1S/C19H30ClN3O/c1-13-11-23(12-14(2)24-13)19-8-7-17(9-18(19)20)22-10-15-3-5-16(21)6-4-15/h7-9,13-16,22H,3-6,10-12,21H2,1-2H3/t13-,14-,15?,16?/m1/s1. The number of rotatable bonds is 4. The molecule has 0 radical (unpaired) electrons. The fourth-order valence-corrected chi connectivity index (χ4v) is 4.20. The molecule has 2 aliphatic rings. The minimum Gasteiger partial charge on any atom is -0.385 e. The number of anilines is 2. The van der Waals surface area contributed by atoms with E-state index in [-0.39, 0.29) is 12.2 Å². The molecule has 4 nitrogen and oxygen atoms in total. The molecule has 1 aromatic carbocycles. The highest BCUT2D eigenvalue weighted by atomic mass is 35.5. The summed E-state index contributed by atoms with van der Waals surface area (Å²) in [5.41, 5.74) is 8.19. The zero-order valence-electron chi connectivity index (χ0n) is 14.8. The normalized spacial score (nSPS) is 31.1. The number of hydrogen-bond donors (Lipinski definition) is 2. The first kappa shape index (κ1) is 17.8. The van der Waals surface area contributed by atoms with Crippen LogP contribution in [0.1, 0.15) is 39.5 Å². The Kier molecular flexibility index (Phi) is 5.90. The zero-order valence-corrected chi connectivity index (χ0v) is 15.6. The number of morpholine rings is 1. The minimum atomic E-state index is 0.236. The molecule has 1 aromatic rings. The van der Waals surface area contributed by atoms with E-state index in [1.165, 1.54) is 12.8 Å². The Balaban J connectivity index is 1.58. The number of nitrogens with zero attached hydrogens (tertiary/aromatic N) is 1. The average molecular weight is 352 g/mol. The van der Waals surface area contributed by atoms with E-state index in [0.717, 1.165) is 54.8 Å². The van der Waals surface area contributed by atoms with Crippen molar-refractivity contribution in [2.45, 2.75) is 57.8 Å². The summed E-state index contributed by atoms with van der Waals surface area (Å²) in [4.78, 5) is 2.33. The van der Waals surface area contributed by atoms with Crippen LogP contribution in [0.4, 0.5) is 11.4 Å². The van der Waals surface area contributed by atoms with Crippen LogP contribution < -0.4 is 16.0 Å². The summed E-state index contributed by atoms with van der Waals surface area (Å²) in [5, 5.41) is 4.36. The van der Waals surface area contributed by atoms with E-state index in [0.29, 0.717) is 6.04 Å². The van der Waals surface area contributed by atoms with Crippen LogP contribution in [0.5, 0.6) is 0 Å². The Labute approximate surface area is 150 Å². The summed E-state index contributed by atoms with van der Waals surface area (Å²) in [6.07, 6.45) is 5.23. The van der Waals surface area contributed by atoms with Crippen LogP contribution in [0.2, 0.25) is 5.02 Å². The SMILES string of the molecule is C[C@@H]1CN(c2ccc(NCC3CCC(N)CC3)cc2Cl)C[C@@H](C)O1. The van der Waals surface area contributed by atoms with Gasteiger partial charge in [-0.25, -0.2) is 0 Å². The van der Waals surface area contributed by atoms with Gasteiger partial charge in [0.1, 0.15) is 0 Å². The molecule has 0 amide bonds. The van der Waals surface area contributed by atoms with Crippen LogP contribution in [-0.4, -0.2) is 37.9 Å². The maximum atomic E-state index is 6.56. The molecule has 24 heavy (non-hydrogen) atoms. The molecule has 2 fully saturated rings. The van der Waals surface area contributed by atoms with Gasteiger partial charge >= 0.3 is 0 Å². The Morgan fingerprint density at radius 3 is 2.46 bits per heavy atom. The van der Waals surface area contributed by atoms with Gasteiger partial charge in [-0.1, -0.05) is 11.6 Å². The van der Waals surface area contributed by atoms with Gasteiger partial charge in [-0.2, -0.15) is 0 Å². The lowest BCUT2D eigenvalue weighted by Crippen LogP contribution is -2.45. The summed E-state index contributed by atoms with van der Waals surface area (Å²) in [6.45, 7) is 7.01. The van der Waals surface area contributed by atoms with Crippen LogP contribution in [0, 0.1) is 5.92 Å². The summed E-state index contributed by atoms with van der Waals surface area (Å²) in [7, 11) is 0. The number of nitrogens with two attached hydrogens (primary N) is 1. The van der Waals surface area contributed by atoms with Crippen molar-refractivity contribution < 1.29 is 4.74 Å². The Morgan fingerprint density at radius 2 is 1.83 bits per heavy atom. The first-order chi connectivity index (χ1) is 11.5. The number of ether oxygens (including phenoxy) is 1. The molecule has 3 N–H and O–H groups in total. The van der Waals surface area contributed by atoms with Gasteiger partial charge in [0.25, 0.3) is 0 Å². The highest BCUT2D eigenvalue weighted by molar-refractivity contribution is 6.33. The molecule has 0 spiro atoms. The van der Waals surface area contributed by atoms with Crippen LogP contribution >= 0.6 is 11.6 Å². The Morgan fingerprint density at radius 1 is 1.17 bits per heavy atom. The third-order valence-corrected chi connectivity index (χ3v) is 5.50. The number of hydrogen-bond acceptors (Lipinski definition) is 4. The van der Waals surface area contributed by atoms with Gasteiger partial charge in [-0.05, 0) is 63.6 Å². The molecule has 134 valence electrons. The van der Waals surface area contributed by atoms with E-state index in [9.17, 15) is 0 Å². The van der Waals surface area contributed by atoms with Gasteiger partial charge in [0, 0.05) is 31.4 Å². The second-order valence-electron chi connectivity index (χ2n) is 7.49. The van der Waals surface area contributed by atoms with E-state index in [1.807, 2.05) is 0 Å². The monoisotopic (exact) mass is 351 g/mol. The minimum absolute atomic E-state index is 0.236. The second kappa shape index (κ2) is 7.94. The number of nitrogens with one attached hydrogen (secondary N) is 1. The zero-order chi connectivity index (χ0) is 17.1. The molecule has 2 atom stereocenters. The predicted octanol–water partition coefficient (Wildman–Crippen LogP) is 3.88. The average Bonchev–Trinajstić information content (AvgIpc) is 2.53. The molecule has 0 bridgehead atoms. The molecule has 1 heterocycles. The topological polar surface area (TPSA) is 50.5 Å². The van der Waals surface area contributed by atoms with Gasteiger partial charge in [0.15, 0.2) is 0 Å². The van der Waals surface area contributed by atoms with Crippen LogP contribution in [-0.2, 0) is 4.74 Å². The first-order valence-electron chi connectivity index (χ1n) is 9.20. The molecule has 1 aliphatic carbocycles.